The molecule has 0 N–H and O–H groups in total. The normalized spacial score (nSPS) is 12.0. The standard InChI is InChI=1S/C27H25ClF2N2O4S/c1-27(2,17-8-13-23(35-3)24(14-17)36-4)25-15-31-26(32(25)19-11-9-18(29)10-12-19)37(33,34)16-20-21(28)6-5-7-22(20)30/h5-15H,16H2,1-4H3. The smallest absolute Gasteiger partial charge is 0.232 e. The third-order valence-corrected chi connectivity index (χ3v) is 8.10. The Morgan fingerprint density at radius 1 is 0.973 bits per heavy atom. The Hall–Kier alpha value is -3.43. The van der Waals surface area contributed by atoms with Crippen molar-refractivity contribution in [3.05, 3.63) is 100 Å². The number of benzene rings is 3. The molecule has 1 heterocycles. The summed E-state index contributed by atoms with van der Waals surface area (Å²) in [5.74, 6) is -0.872. The zero-order chi connectivity index (χ0) is 27.0. The minimum absolute atomic E-state index is 0.00524. The van der Waals surface area contributed by atoms with Crippen molar-refractivity contribution >= 4 is 21.4 Å². The van der Waals surface area contributed by atoms with Gasteiger partial charge in [-0.05, 0) is 54.1 Å². The molecular weight excluding hydrogens is 522 g/mol. The van der Waals surface area contributed by atoms with Crippen LogP contribution in [0.25, 0.3) is 5.69 Å². The molecule has 0 aliphatic rings. The number of ether oxygens (including phenoxy) is 2. The predicted molar refractivity (Wildman–Crippen MR) is 137 cm³/mol. The second-order valence-electron chi connectivity index (χ2n) is 8.89. The molecule has 10 heteroatoms. The van der Waals surface area contributed by atoms with Gasteiger partial charge >= 0.3 is 0 Å². The van der Waals surface area contributed by atoms with Crippen LogP contribution in [0.1, 0.15) is 30.7 Å². The van der Waals surface area contributed by atoms with E-state index in [1.807, 2.05) is 19.9 Å². The van der Waals surface area contributed by atoms with Gasteiger partial charge in [0.05, 0.1) is 31.9 Å². The van der Waals surface area contributed by atoms with Crippen LogP contribution < -0.4 is 9.47 Å². The van der Waals surface area contributed by atoms with Gasteiger partial charge in [-0.15, -0.1) is 0 Å². The molecule has 0 fully saturated rings. The van der Waals surface area contributed by atoms with E-state index in [2.05, 4.69) is 4.98 Å². The molecule has 0 amide bonds. The van der Waals surface area contributed by atoms with Gasteiger partial charge in [0.2, 0.25) is 15.0 Å². The summed E-state index contributed by atoms with van der Waals surface area (Å²) in [4.78, 5) is 4.27. The zero-order valence-electron chi connectivity index (χ0n) is 20.6. The van der Waals surface area contributed by atoms with Gasteiger partial charge < -0.3 is 9.47 Å². The molecule has 0 bridgehead atoms. The predicted octanol–water partition coefficient (Wildman–Crippen LogP) is 6.12. The molecule has 0 atom stereocenters. The minimum Gasteiger partial charge on any atom is -0.493 e. The number of halogens is 3. The van der Waals surface area contributed by atoms with Gasteiger partial charge in [0, 0.05) is 21.7 Å². The molecule has 0 saturated carbocycles. The first kappa shape index (κ1) is 26.6. The van der Waals surface area contributed by atoms with Crippen LogP contribution in [0.2, 0.25) is 5.02 Å². The molecule has 0 spiro atoms. The number of nitrogens with zero attached hydrogens (tertiary/aromatic N) is 2. The summed E-state index contributed by atoms with van der Waals surface area (Å²) >= 11 is 6.11. The van der Waals surface area contributed by atoms with Gasteiger partial charge in [0.15, 0.2) is 11.5 Å². The lowest BCUT2D eigenvalue weighted by Gasteiger charge is -2.28. The van der Waals surface area contributed by atoms with Crippen molar-refractivity contribution in [3.8, 4) is 17.2 Å². The van der Waals surface area contributed by atoms with Crippen molar-refractivity contribution < 1.29 is 26.7 Å². The maximum atomic E-state index is 14.5. The summed E-state index contributed by atoms with van der Waals surface area (Å²) in [5, 5.41) is -0.323. The molecule has 194 valence electrons. The van der Waals surface area contributed by atoms with Crippen LogP contribution in [-0.4, -0.2) is 32.2 Å². The Morgan fingerprint density at radius 3 is 2.27 bits per heavy atom. The SMILES string of the molecule is COc1ccc(C(C)(C)c2cnc(S(=O)(=O)Cc3c(F)cccc3Cl)n2-c2ccc(F)cc2)cc1OC. The Labute approximate surface area is 219 Å². The second-order valence-corrected chi connectivity index (χ2v) is 11.2. The number of hydrogen-bond donors (Lipinski definition) is 0. The molecule has 0 radical (unpaired) electrons. The van der Waals surface area contributed by atoms with E-state index in [0.717, 1.165) is 11.6 Å². The van der Waals surface area contributed by atoms with Crippen LogP contribution in [0.15, 0.2) is 72.0 Å². The van der Waals surface area contributed by atoms with Gasteiger partial charge in [-0.2, -0.15) is 0 Å². The molecule has 0 aliphatic heterocycles. The molecule has 4 rings (SSSR count). The average molecular weight is 547 g/mol. The van der Waals surface area contributed by atoms with Crippen molar-refractivity contribution in [1.29, 1.82) is 0 Å². The highest BCUT2D eigenvalue weighted by Gasteiger charge is 2.34. The van der Waals surface area contributed by atoms with E-state index >= 15 is 0 Å². The summed E-state index contributed by atoms with van der Waals surface area (Å²) in [6.07, 6.45) is 1.45. The monoisotopic (exact) mass is 546 g/mol. The largest absolute Gasteiger partial charge is 0.493 e. The zero-order valence-corrected chi connectivity index (χ0v) is 22.2. The van der Waals surface area contributed by atoms with E-state index in [1.54, 1.807) is 12.1 Å². The molecule has 0 unspecified atom stereocenters. The maximum absolute atomic E-state index is 14.5. The highest BCUT2D eigenvalue weighted by atomic mass is 35.5. The fourth-order valence-corrected chi connectivity index (χ4v) is 5.94. The van der Waals surface area contributed by atoms with Crippen LogP contribution in [0.5, 0.6) is 11.5 Å². The van der Waals surface area contributed by atoms with E-state index in [0.29, 0.717) is 22.9 Å². The Kier molecular flexibility index (Phi) is 7.30. The van der Waals surface area contributed by atoms with Crippen molar-refractivity contribution in [2.75, 3.05) is 14.2 Å². The molecule has 6 nitrogen and oxygen atoms in total. The summed E-state index contributed by atoms with van der Waals surface area (Å²) in [6, 6.07) is 14.7. The highest BCUT2D eigenvalue weighted by molar-refractivity contribution is 7.90. The Balaban J connectivity index is 1.91. The lowest BCUT2D eigenvalue weighted by molar-refractivity contribution is 0.353. The van der Waals surface area contributed by atoms with E-state index < -0.39 is 32.6 Å². The molecule has 3 aromatic carbocycles. The van der Waals surface area contributed by atoms with Crippen molar-refractivity contribution in [2.24, 2.45) is 0 Å². The molecule has 0 aliphatic carbocycles. The number of sulfone groups is 1. The minimum atomic E-state index is -4.20. The number of hydrogen-bond acceptors (Lipinski definition) is 5. The molecular formula is C27H25ClF2N2O4S. The van der Waals surface area contributed by atoms with E-state index in [9.17, 15) is 17.2 Å². The molecule has 1 aromatic heterocycles. The average Bonchev–Trinajstić information content (AvgIpc) is 3.33. The maximum Gasteiger partial charge on any atom is 0.232 e. The van der Waals surface area contributed by atoms with Crippen molar-refractivity contribution in [2.45, 2.75) is 30.2 Å². The fraction of sp³-hybridized carbons (Fsp3) is 0.222. The summed E-state index contributed by atoms with van der Waals surface area (Å²) in [7, 11) is -1.15. The number of methoxy groups -OCH3 is 2. The van der Waals surface area contributed by atoms with Crippen LogP contribution in [0.4, 0.5) is 8.78 Å². The summed E-state index contributed by atoms with van der Waals surface area (Å²) < 4.78 is 67.7. The number of imidazole rings is 1. The topological polar surface area (TPSA) is 70.4 Å². The quantitative estimate of drug-likeness (QED) is 0.266. The van der Waals surface area contributed by atoms with E-state index in [-0.39, 0.29) is 15.7 Å². The van der Waals surface area contributed by atoms with Gasteiger partial charge in [0.25, 0.3) is 0 Å². The first-order valence-electron chi connectivity index (χ1n) is 11.2. The molecule has 0 saturated heterocycles. The van der Waals surface area contributed by atoms with Crippen LogP contribution in [0, 0.1) is 11.6 Å². The Bertz CT molecular complexity index is 1530. The third kappa shape index (κ3) is 5.06. The first-order valence-corrected chi connectivity index (χ1v) is 13.2. The van der Waals surface area contributed by atoms with Gasteiger partial charge in [-0.3, -0.25) is 4.57 Å². The number of rotatable bonds is 8. The second kappa shape index (κ2) is 10.1. The van der Waals surface area contributed by atoms with Gasteiger partial charge in [-0.25, -0.2) is 22.2 Å². The first-order chi connectivity index (χ1) is 17.5. The Morgan fingerprint density at radius 2 is 1.65 bits per heavy atom. The van der Waals surface area contributed by atoms with Crippen molar-refractivity contribution in [1.82, 2.24) is 9.55 Å². The van der Waals surface area contributed by atoms with Gasteiger partial charge in [-0.1, -0.05) is 37.6 Å². The molecule has 37 heavy (non-hydrogen) atoms. The summed E-state index contributed by atoms with van der Waals surface area (Å²) in [6.45, 7) is 3.80. The van der Waals surface area contributed by atoms with Gasteiger partial charge in [0.1, 0.15) is 11.6 Å². The number of aromatic nitrogens is 2. The van der Waals surface area contributed by atoms with E-state index in [1.165, 1.54) is 61.4 Å². The highest BCUT2D eigenvalue weighted by Crippen LogP contribution is 2.39. The third-order valence-electron chi connectivity index (χ3n) is 6.23. The molecule has 4 aromatic rings. The van der Waals surface area contributed by atoms with Crippen LogP contribution in [0.3, 0.4) is 0 Å². The fourth-order valence-electron chi connectivity index (χ4n) is 4.13. The van der Waals surface area contributed by atoms with Crippen LogP contribution >= 0.6 is 11.6 Å². The lowest BCUT2D eigenvalue weighted by atomic mass is 9.81. The summed E-state index contributed by atoms with van der Waals surface area (Å²) in [5.41, 5.74) is 0.711. The van der Waals surface area contributed by atoms with E-state index in [4.69, 9.17) is 21.1 Å². The van der Waals surface area contributed by atoms with Crippen LogP contribution in [-0.2, 0) is 21.0 Å². The lowest BCUT2D eigenvalue weighted by Crippen LogP contribution is -2.24. The van der Waals surface area contributed by atoms with Crippen molar-refractivity contribution in [3.63, 3.8) is 0 Å².